The molecule has 0 atom stereocenters. The molecule has 24 heavy (non-hydrogen) atoms. The molecule has 1 N–H and O–H groups in total. The fourth-order valence-corrected chi connectivity index (χ4v) is 2.45. The number of pyridine rings is 1. The van der Waals surface area contributed by atoms with Crippen LogP contribution in [0.1, 0.15) is 16.2 Å². The Labute approximate surface area is 147 Å². The summed E-state index contributed by atoms with van der Waals surface area (Å²) in [5, 5.41) is 6.94. The smallest absolute Gasteiger partial charge is 0.254 e. The molecule has 2 heterocycles. The van der Waals surface area contributed by atoms with Crippen molar-refractivity contribution in [1.29, 1.82) is 0 Å². The van der Waals surface area contributed by atoms with Gasteiger partial charge in [0, 0.05) is 18.5 Å². The molecular formula is C16H12Cl2N4O2. The van der Waals surface area contributed by atoms with E-state index in [1.165, 1.54) is 12.1 Å². The van der Waals surface area contributed by atoms with Crippen molar-refractivity contribution in [2.75, 3.05) is 6.54 Å². The lowest BCUT2D eigenvalue weighted by Gasteiger charge is -2.04. The molecule has 8 heteroatoms. The van der Waals surface area contributed by atoms with Crippen molar-refractivity contribution >= 4 is 29.1 Å². The molecule has 3 rings (SSSR count). The Kier molecular flexibility index (Phi) is 5.08. The highest BCUT2D eigenvalue weighted by atomic mass is 35.5. The minimum absolute atomic E-state index is 0.0594. The number of hydrogen-bond donors (Lipinski definition) is 1. The highest BCUT2D eigenvalue weighted by Crippen LogP contribution is 2.17. The summed E-state index contributed by atoms with van der Waals surface area (Å²) in [5.41, 5.74) is 1.13. The Bertz CT molecular complexity index is 852. The Morgan fingerprint density at radius 1 is 1.08 bits per heavy atom. The van der Waals surface area contributed by atoms with Gasteiger partial charge in [0.15, 0.2) is 0 Å². The van der Waals surface area contributed by atoms with Crippen LogP contribution < -0.4 is 5.32 Å². The van der Waals surface area contributed by atoms with Crippen LogP contribution in [0.2, 0.25) is 10.3 Å². The molecule has 0 unspecified atom stereocenters. The number of halogens is 2. The first-order valence-electron chi connectivity index (χ1n) is 7.12. The summed E-state index contributed by atoms with van der Waals surface area (Å²) < 4.78 is 5.18. The SMILES string of the molecule is O=C(NCCc1nc(-c2ccccc2)no1)c1ccc(Cl)nc1Cl. The average Bonchev–Trinajstić information content (AvgIpc) is 3.04. The number of benzene rings is 1. The van der Waals surface area contributed by atoms with Crippen molar-refractivity contribution in [3.8, 4) is 11.4 Å². The van der Waals surface area contributed by atoms with Crippen LogP contribution in [0, 0.1) is 0 Å². The van der Waals surface area contributed by atoms with Crippen LogP contribution in [0.5, 0.6) is 0 Å². The van der Waals surface area contributed by atoms with E-state index in [4.69, 9.17) is 27.7 Å². The van der Waals surface area contributed by atoms with Gasteiger partial charge in [-0.25, -0.2) is 4.98 Å². The first-order valence-corrected chi connectivity index (χ1v) is 7.87. The Morgan fingerprint density at radius 3 is 2.62 bits per heavy atom. The van der Waals surface area contributed by atoms with Gasteiger partial charge in [-0.3, -0.25) is 4.79 Å². The summed E-state index contributed by atoms with van der Waals surface area (Å²) >= 11 is 11.6. The monoisotopic (exact) mass is 362 g/mol. The molecule has 6 nitrogen and oxygen atoms in total. The molecule has 0 aliphatic carbocycles. The third kappa shape index (κ3) is 3.90. The summed E-state index contributed by atoms with van der Waals surface area (Å²) in [5.74, 6) is 0.614. The summed E-state index contributed by atoms with van der Waals surface area (Å²) in [6.45, 7) is 0.328. The second-order valence-corrected chi connectivity index (χ2v) is 5.60. The third-order valence-corrected chi connectivity index (χ3v) is 3.68. The predicted molar refractivity (Wildman–Crippen MR) is 90.0 cm³/mol. The van der Waals surface area contributed by atoms with Crippen LogP contribution in [0.3, 0.4) is 0 Å². The van der Waals surface area contributed by atoms with Crippen molar-refractivity contribution in [3.63, 3.8) is 0 Å². The number of nitrogens with zero attached hydrogens (tertiary/aromatic N) is 3. The number of rotatable bonds is 5. The second-order valence-electron chi connectivity index (χ2n) is 4.86. The van der Waals surface area contributed by atoms with Gasteiger partial charge >= 0.3 is 0 Å². The van der Waals surface area contributed by atoms with Gasteiger partial charge in [0.05, 0.1) is 5.56 Å². The van der Waals surface area contributed by atoms with Crippen LogP contribution in [0.25, 0.3) is 11.4 Å². The van der Waals surface area contributed by atoms with Crippen LogP contribution in [0.4, 0.5) is 0 Å². The highest BCUT2D eigenvalue weighted by molar-refractivity contribution is 6.34. The van der Waals surface area contributed by atoms with Crippen molar-refractivity contribution in [2.45, 2.75) is 6.42 Å². The van der Waals surface area contributed by atoms with Crippen LogP contribution in [-0.4, -0.2) is 27.6 Å². The summed E-state index contributed by atoms with van der Waals surface area (Å²) in [7, 11) is 0. The van der Waals surface area contributed by atoms with E-state index in [0.29, 0.717) is 24.7 Å². The van der Waals surface area contributed by atoms with E-state index < -0.39 is 0 Å². The van der Waals surface area contributed by atoms with E-state index in [2.05, 4.69) is 20.4 Å². The summed E-state index contributed by atoms with van der Waals surface area (Å²) in [6, 6.07) is 12.5. The maximum Gasteiger partial charge on any atom is 0.254 e. The predicted octanol–water partition coefficient (Wildman–Crippen LogP) is 3.41. The van der Waals surface area contributed by atoms with Crippen LogP contribution in [-0.2, 0) is 6.42 Å². The van der Waals surface area contributed by atoms with Gasteiger partial charge in [0.25, 0.3) is 5.91 Å². The Morgan fingerprint density at radius 2 is 1.88 bits per heavy atom. The largest absolute Gasteiger partial charge is 0.351 e. The molecule has 0 radical (unpaired) electrons. The molecule has 1 aromatic carbocycles. The van der Waals surface area contributed by atoms with Gasteiger partial charge in [-0.05, 0) is 12.1 Å². The molecule has 0 aliphatic heterocycles. The molecule has 0 saturated carbocycles. The maximum atomic E-state index is 12.0. The number of hydrogen-bond acceptors (Lipinski definition) is 5. The molecule has 2 aromatic heterocycles. The van der Waals surface area contributed by atoms with Crippen LogP contribution >= 0.6 is 23.2 Å². The minimum Gasteiger partial charge on any atom is -0.351 e. The standard InChI is InChI=1S/C16H12Cl2N4O2/c17-12-7-6-11(14(18)20-12)16(23)19-9-8-13-21-15(22-24-13)10-4-2-1-3-5-10/h1-7H,8-9H2,(H,19,23). The molecule has 0 aliphatic rings. The Hall–Kier alpha value is -2.44. The average molecular weight is 363 g/mol. The van der Waals surface area contributed by atoms with Gasteiger partial charge < -0.3 is 9.84 Å². The number of carbonyl (C=O) groups excluding carboxylic acids is 1. The highest BCUT2D eigenvalue weighted by Gasteiger charge is 2.13. The van der Waals surface area contributed by atoms with Gasteiger partial charge in [0.1, 0.15) is 10.3 Å². The topological polar surface area (TPSA) is 80.9 Å². The van der Waals surface area contributed by atoms with Gasteiger partial charge in [-0.1, -0.05) is 58.7 Å². The summed E-state index contributed by atoms with van der Waals surface area (Å²) in [4.78, 5) is 20.2. The first-order chi connectivity index (χ1) is 11.6. The minimum atomic E-state index is -0.341. The zero-order valence-corrected chi connectivity index (χ0v) is 13.9. The van der Waals surface area contributed by atoms with E-state index in [-0.39, 0.29) is 21.8 Å². The van der Waals surface area contributed by atoms with Gasteiger partial charge in [0.2, 0.25) is 11.7 Å². The summed E-state index contributed by atoms with van der Waals surface area (Å²) in [6.07, 6.45) is 0.407. The van der Waals surface area contributed by atoms with Crippen molar-refractivity contribution < 1.29 is 9.32 Å². The Balaban J connectivity index is 1.57. The van der Waals surface area contributed by atoms with Gasteiger partial charge in [-0.15, -0.1) is 0 Å². The van der Waals surface area contributed by atoms with E-state index in [1.54, 1.807) is 0 Å². The second kappa shape index (κ2) is 7.42. The van der Waals surface area contributed by atoms with E-state index in [1.807, 2.05) is 30.3 Å². The van der Waals surface area contributed by atoms with E-state index in [0.717, 1.165) is 5.56 Å². The number of nitrogens with one attached hydrogen (secondary N) is 1. The number of amides is 1. The zero-order valence-electron chi connectivity index (χ0n) is 12.4. The van der Waals surface area contributed by atoms with Crippen molar-refractivity contribution in [2.24, 2.45) is 0 Å². The van der Waals surface area contributed by atoms with Crippen molar-refractivity contribution in [1.82, 2.24) is 20.4 Å². The molecule has 0 fully saturated rings. The third-order valence-electron chi connectivity index (χ3n) is 3.18. The molecule has 122 valence electrons. The molecule has 0 spiro atoms. The fraction of sp³-hybridized carbons (Fsp3) is 0.125. The quantitative estimate of drug-likeness (QED) is 0.703. The fourth-order valence-electron chi connectivity index (χ4n) is 2.02. The number of carbonyl (C=O) groups is 1. The van der Waals surface area contributed by atoms with E-state index >= 15 is 0 Å². The first kappa shape index (κ1) is 16.4. The lowest BCUT2D eigenvalue weighted by molar-refractivity contribution is 0.0953. The molecular weight excluding hydrogens is 351 g/mol. The molecule has 0 saturated heterocycles. The lowest BCUT2D eigenvalue weighted by Crippen LogP contribution is -2.26. The van der Waals surface area contributed by atoms with Crippen LogP contribution in [0.15, 0.2) is 47.0 Å². The zero-order chi connectivity index (χ0) is 16.9. The molecule has 1 amide bonds. The number of aromatic nitrogens is 3. The van der Waals surface area contributed by atoms with E-state index in [9.17, 15) is 4.79 Å². The molecule has 3 aromatic rings. The van der Waals surface area contributed by atoms with Crippen molar-refractivity contribution in [3.05, 3.63) is 64.2 Å². The normalized spacial score (nSPS) is 10.6. The lowest BCUT2D eigenvalue weighted by atomic mass is 10.2. The molecule has 0 bridgehead atoms. The maximum absolute atomic E-state index is 12.0. The van der Waals surface area contributed by atoms with Gasteiger partial charge in [-0.2, -0.15) is 4.98 Å².